The lowest BCUT2D eigenvalue weighted by Crippen LogP contribution is -2.53. The molecule has 0 aliphatic heterocycles. The van der Waals surface area contributed by atoms with Crippen molar-refractivity contribution in [3.63, 3.8) is 0 Å². The normalized spacial score (nSPS) is 12.3. The molecule has 1 N–H and O–H groups in total. The van der Waals surface area contributed by atoms with Crippen LogP contribution in [0.3, 0.4) is 0 Å². The average molecular weight is 860 g/mol. The molecular formula is C57H110O4. The van der Waals surface area contributed by atoms with Gasteiger partial charge >= 0.3 is 0 Å². The van der Waals surface area contributed by atoms with Crippen molar-refractivity contribution in [3.05, 3.63) is 0 Å². The van der Waals surface area contributed by atoms with Crippen LogP contribution in [0.1, 0.15) is 336 Å². The molecule has 0 bridgehead atoms. The molecule has 0 amide bonds. The lowest BCUT2D eigenvalue weighted by molar-refractivity contribution is -0.156. The zero-order valence-electron chi connectivity index (χ0n) is 42.2. The van der Waals surface area contributed by atoms with E-state index in [1.54, 1.807) is 0 Å². The van der Waals surface area contributed by atoms with E-state index < -0.39 is 11.5 Å². The van der Waals surface area contributed by atoms with Crippen LogP contribution in [0.4, 0.5) is 0 Å². The molecule has 0 heterocycles. The Balaban J connectivity index is 4.74. The molecule has 0 rings (SSSR count). The molecule has 0 saturated carbocycles. The maximum atomic E-state index is 14.0. The van der Waals surface area contributed by atoms with Gasteiger partial charge in [-0.3, -0.25) is 14.4 Å². The summed E-state index contributed by atoms with van der Waals surface area (Å²) in [5.41, 5.74) is -1.87. The summed E-state index contributed by atoms with van der Waals surface area (Å²) in [6.45, 7) is 8.36. The van der Waals surface area contributed by atoms with Gasteiger partial charge in [0.25, 0.3) is 0 Å². The van der Waals surface area contributed by atoms with E-state index in [-0.39, 0.29) is 36.6 Å². The molecule has 61 heavy (non-hydrogen) atoms. The van der Waals surface area contributed by atoms with E-state index >= 15 is 0 Å². The first-order chi connectivity index (χ1) is 29.9. The van der Waals surface area contributed by atoms with Crippen LogP contribution < -0.4 is 0 Å². The van der Waals surface area contributed by atoms with Crippen LogP contribution in [0.5, 0.6) is 0 Å². The minimum absolute atomic E-state index is 0.221. The molecule has 4 heteroatoms. The van der Waals surface area contributed by atoms with Gasteiger partial charge in [-0.1, -0.05) is 290 Å². The first kappa shape index (κ1) is 60.0. The molecule has 0 radical (unpaired) electrons. The minimum atomic E-state index is -1.87. The zero-order valence-corrected chi connectivity index (χ0v) is 42.2. The van der Waals surface area contributed by atoms with Crippen molar-refractivity contribution in [1.29, 1.82) is 0 Å². The van der Waals surface area contributed by atoms with Crippen LogP contribution in [0.2, 0.25) is 0 Å². The Morgan fingerprint density at radius 1 is 0.279 bits per heavy atom. The Morgan fingerprint density at radius 2 is 0.410 bits per heavy atom. The summed E-state index contributed by atoms with van der Waals surface area (Å²) in [6.07, 6.45) is 55.7. The van der Waals surface area contributed by atoms with Gasteiger partial charge in [0.05, 0.1) is 6.10 Å². The number of Topliss-reactive ketones (excluding diaryl/α,β-unsaturated/α-hetero) is 3. The first-order valence-corrected chi connectivity index (χ1v) is 28.2. The summed E-state index contributed by atoms with van der Waals surface area (Å²) in [5.74, 6) is -0.933. The number of hydrogen-bond donors (Lipinski definition) is 1. The number of aliphatic hydroxyl groups is 1. The summed E-state index contributed by atoms with van der Waals surface area (Å²) in [4.78, 5) is 42.1. The Kier molecular flexibility index (Phi) is 46.2. The molecule has 0 aromatic heterocycles. The molecule has 1 atom stereocenters. The fraction of sp³-hybridized carbons (Fsp3) is 0.947. The number of carbonyl (C=O) groups excluding carboxylic acids is 3. The summed E-state index contributed by atoms with van der Waals surface area (Å²) in [6, 6.07) is 0. The van der Waals surface area contributed by atoms with Crippen LogP contribution in [0.15, 0.2) is 0 Å². The quantitative estimate of drug-likeness (QED) is 0.0489. The van der Waals surface area contributed by atoms with Gasteiger partial charge in [0.15, 0.2) is 22.8 Å². The average Bonchev–Trinajstić information content (AvgIpc) is 3.25. The lowest BCUT2D eigenvalue weighted by atomic mass is 9.67. The number of ketones is 3. The SMILES string of the molecule is CCCCCCCCCCCCCCCCCC(=O)C(C(=O)CCCCCCCCCCCCCCCCC)(C(=O)CCCCCCCCCCCCCCCCC)C(C)O. The van der Waals surface area contributed by atoms with E-state index in [1.807, 2.05) is 0 Å². The predicted molar refractivity (Wildman–Crippen MR) is 268 cm³/mol. The fourth-order valence-corrected chi connectivity index (χ4v) is 9.73. The predicted octanol–water partition coefficient (Wildman–Crippen LogP) is 18.8. The molecule has 0 spiro atoms. The van der Waals surface area contributed by atoms with E-state index in [0.717, 1.165) is 38.5 Å². The van der Waals surface area contributed by atoms with Crippen molar-refractivity contribution in [2.75, 3.05) is 0 Å². The zero-order chi connectivity index (χ0) is 44.8. The van der Waals surface area contributed by atoms with E-state index in [4.69, 9.17) is 0 Å². The number of carbonyl (C=O) groups is 3. The molecule has 1 unspecified atom stereocenters. The van der Waals surface area contributed by atoms with Gasteiger partial charge in [-0.2, -0.15) is 0 Å². The molecule has 0 aliphatic carbocycles. The monoisotopic (exact) mass is 859 g/mol. The third kappa shape index (κ3) is 35.0. The van der Waals surface area contributed by atoms with E-state index in [9.17, 15) is 19.5 Å². The van der Waals surface area contributed by atoms with Crippen LogP contribution in [-0.4, -0.2) is 28.6 Å². The summed E-state index contributed by atoms with van der Waals surface area (Å²) >= 11 is 0. The highest BCUT2D eigenvalue weighted by Gasteiger charge is 2.53. The highest BCUT2D eigenvalue weighted by atomic mass is 16.3. The Bertz CT molecular complexity index is 828. The summed E-state index contributed by atoms with van der Waals surface area (Å²) < 4.78 is 0. The molecule has 0 aliphatic rings. The molecular weight excluding hydrogens is 749 g/mol. The second kappa shape index (κ2) is 46.9. The highest BCUT2D eigenvalue weighted by Crippen LogP contribution is 2.34. The third-order valence-corrected chi connectivity index (χ3v) is 14.0. The number of rotatable bonds is 52. The van der Waals surface area contributed by atoms with Gasteiger partial charge in [0.2, 0.25) is 0 Å². The van der Waals surface area contributed by atoms with E-state index in [0.29, 0.717) is 19.3 Å². The maximum Gasteiger partial charge on any atom is 0.170 e. The summed E-state index contributed by atoms with van der Waals surface area (Å²) in [7, 11) is 0. The molecule has 0 aromatic rings. The van der Waals surface area contributed by atoms with Crippen molar-refractivity contribution in [1.82, 2.24) is 0 Å². The molecule has 4 nitrogen and oxygen atoms in total. The van der Waals surface area contributed by atoms with Gasteiger partial charge in [0.1, 0.15) is 0 Å². The Morgan fingerprint density at radius 3 is 0.541 bits per heavy atom. The summed E-state index contributed by atoms with van der Waals surface area (Å²) in [5, 5.41) is 11.2. The van der Waals surface area contributed by atoms with Crippen molar-refractivity contribution in [2.24, 2.45) is 5.41 Å². The first-order valence-electron chi connectivity index (χ1n) is 28.2. The number of aliphatic hydroxyl groups excluding tert-OH is 1. The second-order valence-electron chi connectivity index (χ2n) is 19.9. The topological polar surface area (TPSA) is 71.4 Å². The van der Waals surface area contributed by atoms with Gasteiger partial charge < -0.3 is 5.11 Å². The van der Waals surface area contributed by atoms with Crippen molar-refractivity contribution < 1.29 is 19.5 Å². The van der Waals surface area contributed by atoms with E-state index in [1.165, 1.54) is 238 Å². The second-order valence-corrected chi connectivity index (χ2v) is 19.9. The maximum absolute atomic E-state index is 14.0. The standard InChI is InChI=1S/C57H110O4/c1-5-8-11-14-17-20-23-26-29-32-35-38-41-44-47-50-54(59)57(53(4)58,55(60)51-48-45-42-39-36-33-30-27-24-21-18-15-12-9-6-2)56(61)52-49-46-43-40-37-34-31-28-25-22-19-16-13-10-7-3/h53,58H,5-52H2,1-4H3. The van der Waals surface area contributed by atoms with Crippen molar-refractivity contribution in [3.8, 4) is 0 Å². The third-order valence-electron chi connectivity index (χ3n) is 14.0. The lowest BCUT2D eigenvalue weighted by Gasteiger charge is -2.32. The van der Waals surface area contributed by atoms with Gasteiger partial charge in [-0.25, -0.2) is 0 Å². The Hall–Kier alpha value is -1.03. The van der Waals surface area contributed by atoms with E-state index in [2.05, 4.69) is 20.8 Å². The van der Waals surface area contributed by atoms with Crippen molar-refractivity contribution >= 4 is 17.3 Å². The molecule has 0 aromatic carbocycles. The smallest absolute Gasteiger partial charge is 0.170 e. The van der Waals surface area contributed by atoms with Crippen LogP contribution in [0, 0.1) is 5.41 Å². The van der Waals surface area contributed by atoms with Gasteiger partial charge in [-0.05, 0) is 26.2 Å². The Labute approximate surface area is 382 Å². The number of hydrogen-bond acceptors (Lipinski definition) is 4. The minimum Gasteiger partial charge on any atom is -0.391 e. The largest absolute Gasteiger partial charge is 0.391 e. The molecule has 362 valence electrons. The molecule has 0 fully saturated rings. The van der Waals surface area contributed by atoms with Crippen LogP contribution in [0.25, 0.3) is 0 Å². The van der Waals surface area contributed by atoms with Crippen LogP contribution >= 0.6 is 0 Å². The van der Waals surface area contributed by atoms with Gasteiger partial charge in [-0.15, -0.1) is 0 Å². The highest BCUT2D eigenvalue weighted by molar-refractivity contribution is 6.24. The fourth-order valence-electron chi connectivity index (χ4n) is 9.73. The van der Waals surface area contributed by atoms with Crippen LogP contribution in [-0.2, 0) is 14.4 Å². The van der Waals surface area contributed by atoms with Crippen molar-refractivity contribution in [2.45, 2.75) is 342 Å². The van der Waals surface area contributed by atoms with Gasteiger partial charge in [0, 0.05) is 19.3 Å². The molecule has 0 saturated heterocycles. The number of unbranched alkanes of at least 4 members (excludes halogenated alkanes) is 42.